The minimum absolute atomic E-state index is 0.000752. The molecule has 0 amide bonds. The van der Waals surface area contributed by atoms with Crippen LogP contribution in [0.15, 0.2) is 42.5 Å². The van der Waals surface area contributed by atoms with Gasteiger partial charge in [0.15, 0.2) is 0 Å². The van der Waals surface area contributed by atoms with E-state index in [9.17, 15) is 0 Å². The van der Waals surface area contributed by atoms with E-state index in [1.807, 2.05) is 0 Å². The second kappa shape index (κ2) is 5.38. The van der Waals surface area contributed by atoms with E-state index in [0.717, 1.165) is 18.6 Å². The molecule has 0 aromatic heterocycles. The van der Waals surface area contributed by atoms with E-state index in [2.05, 4.69) is 63.2 Å². The first-order valence-corrected chi connectivity index (χ1v) is 7.88. The molecule has 1 heterocycles. The van der Waals surface area contributed by atoms with Crippen LogP contribution in [0.25, 0.3) is 0 Å². The molecule has 0 saturated heterocycles. The third-order valence-corrected chi connectivity index (χ3v) is 4.35. The fourth-order valence-corrected chi connectivity index (χ4v) is 3.30. The molecule has 2 aromatic carbocycles. The average Bonchev–Trinajstić information content (AvgIpc) is 2.71. The highest BCUT2D eigenvalue weighted by atomic mass is 35.5. The van der Waals surface area contributed by atoms with Crippen LogP contribution in [0.4, 0.5) is 0 Å². The van der Waals surface area contributed by atoms with Crippen molar-refractivity contribution in [3.63, 3.8) is 0 Å². The third kappa shape index (κ3) is 3.24. The highest BCUT2D eigenvalue weighted by Crippen LogP contribution is 2.37. The van der Waals surface area contributed by atoms with E-state index in [0.29, 0.717) is 0 Å². The topological polar surface area (TPSA) is 9.23 Å². The minimum Gasteiger partial charge on any atom is -0.487 e. The number of aryl methyl sites for hydroxylation is 1. The summed E-state index contributed by atoms with van der Waals surface area (Å²) < 4.78 is 5.92. The van der Waals surface area contributed by atoms with Crippen LogP contribution < -0.4 is 4.74 Å². The van der Waals surface area contributed by atoms with Gasteiger partial charge in [0, 0.05) is 6.42 Å². The quantitative estimate of drug-likeness (QED) is 0.705. The van der Waals surface area contributed by atoms with Gasteiger partial charge in [0.25, 0.3) is 0 Å². The second-order valence-electron chi connectivity index (χ2n) is 6.57. The molecule has 0 fully saturated rings. The first-order chi connectivity index (χ1) is 9.93. The van der Waals surface area contributed by atoms with Gasteiger partial charge in [-0.25, -0.2) is 0 Å². The Balaban J connectivity index is 1.79. The lowest BCUT2D eigenvalue weighted by molar-refractivity contribution is 0.138. The lowest BCUT2D eigenvalue weighted by Crippen LogP contribution is -2.24. The van der Waals surface area contributed by atoms with Crippen LogP contribution in [0.2, 0.25) is 0 Å². The number of benzene rings is 2. The molecule has 2 aromatic rings. The largest absolute Gasteiger partial charge is 0.487 e. The van der Waals surface area contributed by atoms with Gasteiger partial charge in [0.1, 0.15) is 11.4 Å². The van der Waals surface area contributed by atoms with Gasteiger partial charge >= 0.3 is 0 Å². The van der Waals surface area contributed by atoms with Crippen molar-refractivity contribution >= 4 is 11.6 Å². The van der Waals surface area contributed by atoms with Gasteiger partial charge in [-0.15, -0.1) is 11.6 Å². The van der Waals surface area contributed by atoms with Crippen molar-refractivity contribution in [1.82, 2.24) is 0 Å². The summed E-state index contributed by atoms with van der Waals surface area (Å²) in [5, 5.41) is 0.000752. The van der Waals surface area contributed by atoms with Gasteiger partial charge in [-0.3, -0.25) is 0 Å². The van der Waals surface area contributed by atoms with Crippen molar-refractivity contribution in [2.45, 2.75) is 44.6 Å². The van der Waals surface area contributed by atoms with Gasteiger partial charge in [-0.1, -0.05) is 42.0 Å². The summed E-state index contributed by atoms with van der Waals surface area (Å²) in [6, 6.07) is 14.9. The second-order valence-corrected chi connectivity index (χ2v) is 7.09. The SMILES string of the molecule is Cc1cccc(CC(Cl)c2ccc3c(c2)CC(C)(C)O3)c1. The molecule has 110 valence electrons. The maximum absolute atomic E-state index is 6.63. The zero-order valence-corrected chi connectivity index (χ0v) is 13.6. The number of ether oxygens (including phenoxy) is 1. The first kappa shape index (κ1) is 14.5. The number of fused-ring (bicyclic) bond motifs is 1. The van der Waals surface area contributed by atoms with Crippen molar-refractivity contribution in [2.24, 2.45) is 0 Å². The molecule has 0 aliphatic carbocycles. The number of hydrogen-bond acceptors (Lipinski definition) is 1. The Hall–Kier alpha value is -1.47. The Morgan fingerprint density at radius 3 is 2.76 bits per heavy atom. The molecule has 0 radical (unpaired) electrons. The lowest BCUT2D eigenvalue weighted by Gasteiger charge is -2.16. The van der Waals surface area contributed by atoms with Gasteiger partial charge in [0.05, 0.1) is 5.38 Å². The van der Waals surface area contributed by atoms with E-state index in [-0.39, 0.29) is 11.0 Å². The Bertz CT molecular complexity index is 660. The molecule has 1 atom stereocenters. The fourth-order valence-electron chi connectivity index (χ4n) is 2.99. The van der Waals surface area contributed by atoms with Gasteiger partial charge < -0.3 is 4.74 Å². The Morgan fingerprint density at radius 2 is 2.00 bits per heavy atom. The molecule has 1 aliphatic heterocycles. The predicted octanol–water partition coefficient (Wildman–Crippen LogP) is 5.23. The summed E-state index contributed by atoms with van der Waals surface area (Å²) in [5.41, 5.74) is 4.91. The van der Waals surface area contributed by atoms with E-state index < -0.39 is 0 Å². The van der Waals surface area contributed by atoms with Crippen LogP contribution >= 0.6 is 11.6 Å². The molecule has 1 aliphatic rings. The van der Waals surface area contributed by atoms with Crippen molar-refractivity contribution in [3.8, 4) is 5.75 Å². The maximum atomic E-state index is 6.63. The summed E-state index contributed by atoms with van der Waals surface area (Å²) in [6.45, 7) is 6.36. The Kier molecular flexibility index (Phi) is 3.71. The molecular formula is C19H21ClO. The van der Waals surface area contributed by atoms with E-state index in [1.54, 1.807) is 0 Å². The number of rotatable bonds is 3. The van der Waals surface area contributed by atoms with Gasteiger partial charge in [0.2, 0.25) is 0 Å². The predicted molar refractivity (Wildman–Crippen MR) is 88.3 cm³/mol. The Morgan fingerprint density at radius 1 is 1.19 bits per heavy atom. The molecule has 21 heavy (non-hydrogen) atoms. The molecule has 1 unspecified atom stereocenters. The lowest BCUT2D eigenvalue weighted by atomic mass is 9.97. The van der Waals surface area contributed by atoms with E-state index in [4.69, 9.17) is 16.3 Å². The molecular weight excluding hydrogens is 280 g/mol. The van der Waals surface area contributed by atoms with Gasteiger partial charge in [-0.2, -0.15) is 0 Å². The van der Waals surface area contributed by atoms with Crippen molar-refractivity contribution in [2.75, 3.05) is 0 Å². The monoisotopic (exact) mass is 300 g/mol. The average molecular weight is 301 g/mol. The highest BCUT2D eigenvalue weighted by molar-refractivity contribution is 6.20. The van der Waals surface area contributed by atoms with Crippen LogP contribution in [-0.4, -0.2) is 5.60 Å². The smallest absolute Gasteiger partial charge is 0.123 e. The van der Waals surface area contributed by atoms with Gasteiger partial charge in [-0.05, 0) is 49.9 Å². The summed E-state index contributed by atoms with van der Waals surface area (Å²) in [6.07, 6.45) is 1.80. The first-order valence-electron chi connectivity index (χ1n) is 7.44. The molecule has 0 bridgehead atoms. The molecule has 0 N–H and O–H groups in total. The highest BCUT2D eigenvalue weighted by Gasteiger charge is 2.30. The molecule has 0 spiro atoms. The molecule has 0 saturated carbocycles. The standard InChI is InChI=1S/C19H21ClO/c1-13-5-4-6-14(9-13)10-17(20)15-7-8-18-16(11-15)12-19(2,3)21-18/h4-9,11,17H,10,12H2,1-3H3. The normalized spacial score (nSPS) is 17.1. The number of halogens is 1. The summed E-state index contributed by atoms with van der Waals surface area (Å²) in [7, 11) is 0. The van der Waals surface area contributed by atoms with E-state index >= 15 is 0 Å². The molecule has 3 rings (SSSR count). The van der Waals surface area contributed by atoms with Crippen LogP contribution in [0.1, 0.15) is 41.5 Å². The zero-order chi connectivity index (χ0) is 15.0. The van der Waals surface area contributed by atoms with Crippen LogP contribution in [-0.2, 0) is 12.8 Å². The summed E-state index contributed by atoms with van der Waals surface area (Å²) >= 11 is 6.63. The summed E-state index contributed by atoms with van der Waals surface area (Å²) in [4.78, 5) is 0. The molecule has 2 heteroatoms. The number of hydrogen-bond donors (Lipinski definition) is 0. The fraction of sp³-hybridized carbons (Fsp3) is 0.368. The van der Waals surface area contributed by atoms with Crippen molar-refractivity contribution < 1.29 is 4.74 Å². The zero-order valence-electron chi connectivity index (χ0n) is 12.8. The van der Waals surface area contributed by atoms with E-state index in [1.165, 1.54) is 22.3 Å². The molecule has 1 nitrogen and oxygen atoms in total. The maximum Gasteiger partial charge on any atom is 0.123 e. The Labute approximate surface area is 131 Å². The summed E-state index contributed by atoms with van der Waals surface area (Å²) in [5.74, 6) is 1.00. The minimum atomic E-state index is -0.0979. The number of alkyl halides is 1. The van der Waals surface area contributed by atoms with Crippen molar-refractivity contribution in [1.29, 1.82) is 0 Å². The van der Waals surface area contributed by atoms with Crippen LogP contribution in [0, 0.1) is 6.92 Å². The van der Waals surface area contributed by atoms with Crippen LogP contribution in [0.5, 0.6) is 5.75 Å². The van der Waals surface area contributed by atoms with Crippen LogP contribution in [0.3, 0.4) is 0 Å². The van der Waals surface area contributed by atoms with Crippen molar-refractivity contribution in [3.05, 3.63) is 64.7 Å². The third-order valence-electron chi connectivity index (χ3n) is 3.95.